The van der Waals surface area contributed by atoms with Gasteiger partial charge >= 0.3 is 0 Å². The van der Waals surface area contributed by atoms with Crippen LogP contribution in [0, 0.1) is 13.8 Å². The summed E-state index contributed by atoms with van der Waals surface area (Å²) in [6.45, 7) is 9.17. The Morgan fingerprint density at radius 2 is 1.06 bits per heavy atom. The zero-order chi connectivity index (χ0) is 21.9. The first-order valence-electron chi connectivity index (χ1n) is 10.9. The minimum Gasteiger partial charge on any atom is -0.334 e. The van der Waals surface area contributed by atoms with E-state index < -0.39 is 0 Å². The van der Waals surface area contributed by atoms with E-state index in [1.807, 2.05) is 62.4 Å². The maximum atomic E-state index is 5.50. The lowest BCUT2D eigenvalue weighted by molar-refractivity contribution is 0.116. The molecule has 0 amide bonds. The molecule has 8 nitrogen and oxygen atoms in total. The van der Waals surface area contributed by atoms with Crippen molar-refractivity contribution >= 4 is 0 Å². The van der Waals surface area contributed by atoms with Gasteiger partial charge in [0.05, 0.1) is 13.1 Å². The topological polar surface area (TPSA) is 84.3 Å². The van der Waals surface area contributed by atoms with Gasteiger partial charge in [-0.25, -0.2) is 0 Å². The van der Waals surface area contributed by atoms with E-state index in [4.69, 9.17) is 9.05 Å². The van der Waals surface area contributed by atoms with Crippen molar-refractivity contribution in [2.75, 3.05) is 26.2 Å². The van der Waals surface area contributed by atoms with Crippen molar-refractivity contribution in [1.82, 2.24) is 30.1 Å². The highest BCUT2D eigenvalue weighted by atomic mass is 16.5. The van der Waals surface area contributed by atoms with E-state index in [0.29, 0.717) is 24.9 Å². The maximum absolute atomic E-state index is 5.50. The van der Waals surface area contributed by atoms with Crippen LogP contribution in [0.2, 0.25) is 0 Å². The number of nitrogens with zero attached hydrogens (tertiary/aromatic N) is 6. The van der Waals surface area contributed by atoms with Gasteiger partial charge in [0.2, 0.25) is 0 Å². The van der Waals surface area contributed by atoms with Crippen molar-refractivity contribution in [3.05, 3.63) is 71.3 Å². The first kappa shape index (κ1) is 20.5. The third kappa shape index (κ3) is 4.46. The first-order valence-corrected chi connectivity index (χ1v) is 10.9. The quantitative estimate of drug-likeness (QED) is 0.458. The summed E-state index contributed by atoms with van der Waals surface area (Å²) in [5.74, 6) is 2.60. The SMILES string of the molecule is Cc1ccccc1-c1nc(CN2CCN(Cc3noc(-c4ccccc4C)n3)CC2)no1. The van der Waals surface area contributed by atoms with Gasteiger partial charge in [0.1, 0.15) is 0 Å². The highest BCUT2D eigenvalue weighted by molar-refractivity contribution is 5.58. The molecule has 1 aliphatic rings. The largest absolute Gasteiger partial charge is 0.334 e. The van der Waals surface area contributed by atoms with Crippen molar-refractivity contribution in [3.63, 3.8) is 0 Å². The molecule has 0 bridgehead atoms. The molecular weight excluding hydrogens is 404 g/mol. The molecule has 1 fully saturated rings. The number of piperazine rings is 1. The zero-order valence-corrected chi connectivity index (χ0v) is 18.4. The van der Waals surface area contributed by atoms with Gasteiger partial charge in [-0.05, 0) is 37.1 Å². The molecule has 1 aliphatic heterocycles. The second kappa shape index (κ2) is 9.02. The molecule has 0 atom stereocenters. The molecule has 0 saturated carbocycles. The lowest BCUT2D eigenvalue weighted by Gasteiger charge is -2.33. The molecule has 0 unspecified atom stereocenters. The lowest BCUT2D eigenvalue weighted by atomic mass is 10.1. The summed E-state index contributed by atoms with van der Waals surface area (Å²) in [4.78, 5) is 13.9. The molecule has 2 aromatic carbocycles. The Balaban J connectivity index is 1.15. The molecule has 164 valence electrons. The van der Waals surface area contributed by atoms with Gasteiger partial charge in [0.25, 0.3) is 11.8 Å². The third-order valence-corrected chi connectivity index (χ3v) is 5.88. The van der Waals surface area contributed by atoms with E-state index in [-0.39, 0.29) is 0 Å². The molecule has 2 aromatic heterocycles. The molecular formula is C24H26N6O2. The third-order valence-electron chi connectivity index (χ3n) is 5.88. The average Bonchev–Trinajstić information content (AvgIpc) is 3.46. The van der Waals surface area contributed by atoms with Gasteiger partial charge < -0.3 is 9.05 Å². The number of benzene rings is 2. The fourth-order valence-electron chi connectivity index (χ4n) is 3.99. The van der Waals surface area contributed by atoms with Crippen LogP contribution >= 0.6 is 0 Å². The summed E-state index contributed by atoms with van der Waals surface area (Å²) in [5.41, 5.74) is 4.23. The van der Waals surface area contributed by atoms with Crippen LogP contribution in [0.15, 0.2) is 57.6 Å². The summed E-state index contributed by atoms with van der Waals surface area (Å²) < 4.78 is 11.0. The molecule has 0 N–H and O–H groups in total. The standard InChI is InChI=1S/C24H26N6O2/c1-17-7-3-5-9-19(17)23-25-21(27-31-23)15-29-11-13-30(14-12-29)16-22-26-24(32-28-22)20-10-6-4-8-18(20)2/h3-10H,11-16H2,1-2H3. The lowest BCUT2D eigenvalue weighted by Crippen LogP contribution is -2.45. The smallest absolute Gasteiger partial charge is 0.258 e. The fraction of sp³-hybridized carbons (Fsp3) is 0.333. The fourth-order valence-corrected chi connectivity index (χ4v) is 3.99. The predicted octanol–water partition coefficient (Wildman–Crippen LogP) is 3.72. The summed E-state index contributed by atoms with van der Waals surface area (Å²) in [5, 5.41) is 8.36. The van der Waals surface area contributed by atoms with Crippen LogP contribution in [0.4, 0.5) is 0 Å². The number of hydrogen-bond donors (Lipinski definition) is 0. The molecule has 5 rings (SSSR count). The predicted molar refractivity (Wildman–Crippen MR) is 119 cm³/mol. The molecule has 3 heterocycles. The minimum absolute atomic E-state index is 0.582. The van der Waals surface area contributed by atoms with E-state index in [1.165, 1.54) is 0 Å². The molecule has 1 saturated heterocycles. The van der Waals surface area contributed by atoms with Gasteiger partial charge in [-0.2, -0.15) is 9.97 Å². The highest BCUT2D eigenvalue weighted by Gasteiger charge is 2.21. The Morgan fingerprint density at radius 3 is 1.47 bits per heavy atom. The second-order valence-corrected chi connectivity index (χ2v) is 8.21. The van der Waals surface area contributed by atoms with E-state index in [9.17, 15) is 0 Å². The molecule has 4 aromatic rings. The highest BCUT2D eigenvalue weighted by Crippen LogP contribution is 2.23. The van der Waals surface area contributed by atoms with Crippen molar-refractivity contribution in [3.8, 4) is 22.9 Å². The van der Waals surface area contributed by atoms with Gasteiger partial charge in [0, 0.05) is 37.3 Å². The minimum atomic E-state index is 0.582. The zero-order valence-electron chi connectivity index (χ0n) is 18.4. The molecule has 32 heavy (non-hydrogen) atoms. The van der Waals surface area contributed by atoms with Crippen LogP contribution in [0.5, 0.6) is 0 Å². The second-order valence-electron chi connectivity index (χ2n) is 8.21. The van der Waals surface area contributed by atoms with Gasteiger partial charge in [-0.3, -0.25) is 9.80 Å². The Hall–Kier alpha value is -3.36. The van der Waals surface area contributed by atoms with Crippen LogP contribution in [0.25, 0.3) is 22.9 Å². The Morgan fingerprint density at radius 1 is 0.656 bits per heavy atom. The molecule has 0 aliphatic carbocycles. The first-order chi connectivity index (χ1) is 15.7. The van der Waals surface area contributed by atoms with Crippen molar-refractivity contribution < 1.29 is 9.05 Å². The van der Waals surface area contributed by atoms with E-state index in [0.717, 1.165) is 60.1 Å². The van der Waals surface area contributed by atoms with Gasteiger partial charge in [0.15, 0.2) is 11.6 Å². The maximum Gasteiger partial charge on any atom is 0.258 e. The van der Waals surface area contributed by atoms with Crippen LogP contribution in [-0.2, 0) is 13.1 Å². The van der Waals surface area contributed by atoms with Gasteiger partial charge in [-0.15, -0.1) is 0 Å². The van der Waals surface area contributed by atoms with Crippen LogP contribution < -0.4 is 0 Å². The Bertz CT molecular complexity index is 1100. The normalized spacial score (nSPS) is 15.3. The molecule has 0 radical (unpaired) electrons. The van der Waals surface area contributed by atoms with Crippen molar-refractivity contribution in [2.24, 2.45) is 0 Å². The molecule has 0 spiro atoms. The molecule has 8 heteroatoms. The summed E-state index contributed by atoms with van der Waals surface area (Å²) >= 11 is 0. The summed E-state index contributed by atoms with van der Waals surface area (Å²) in [6, 6.07) is 16.1. The summed E-state index contributed by atoms with van der Waals surface area (Å²) in [6.07, 6.45) is 0. The van der Waals surface area contributed by atoms with Crippen LogP contribution in [0.1, 0.15) is 22.8 Å². The monoisotopic (exact) mass is 430 g/mol. The van der Waals surface area contributed by atoms with E-state index in [1.54, 1.807) is 0 Å². The van der Waals surface area contributed by atoms with Crippen LogP contribution in [0.3, 0.4) is 0 Å². The number of rotatable bonds is 6. The van der Waals surface area contributed by atoms with Crippen LogP contribution in [-0.4, -0.2) is 56.3 Å². The van der Waals surface area contributed by atoms with Crippen molar-refractivity contribution in [2.45, 2.75) is 26.9 Å². The number of hydrogen-bond acceptors (Lipinski definition) is 8. The average molecular weight is 431 g/mol. The van der Waals surface area contributed by atoms with E-state index >= 15 is 0 Å². The van der Waals surface area contributed by atoms with Crippen molar-refractivity contribution in [1.29, 1.82) is 0 Å². The van der Waals surface area contributed by atoms with Gasteiger partial charge in [-0.1, -0.05) is 46.7 Å². The van der Waals surface area contributed by atoms with E-state index in [2.05, 4.69) is 30.1 Å². The Labute approximate surface area is 186 Å². The number of aryl methyl sites for hydroxylation is 2. The Kier molecular flexibility index (Phi) is 5.79. The summed E-state index contributed by atoms with van der Waals surface area (Å²) in [7, 11) is 0. The number of aromatic nitrogens is 4.